The number of phenolic OH excluding ortho intramolecular Hbond substituents is 1. The molecule has 110 valence electrons. The Labute approximate surface area is 118 Å². The van der Waals surface area contributed by atoms with Crippen molar-refractivity contribution < 1.29 is 19.7 Å². The molecule has 0 bridgehead atoms. The third-order valence-electron chi connectivity index (χ3n) is 3.57. The van der Waals surface area contributed by atoms with Crippen molar-refractivity contribution in [3.05, 3.63) is 18.2 Å². The number of nitrogens with zero attached hydrogens (tertiary/aromatic N) is 1. The number of nitrogens with one attached hydrogen (secondary N) is 1. The molecule has 1 saturated heterocycles. The minimum atomic E-state index is -0.630. The Hall–Kier alpha value is -1.95. The van der Waals surface area contributed by atoms with Gasteiger partial charge in [0, 0.05) is 12.2 Å². The number of anilines is 2. The normalized spacial score (nSPS) is 18.7. The SMILES string of the molecule is COC(=O)Nc1cc(N2CCCCC2CO)ccc1O. The number of amides is 1. The van der Waals surface area contributed by atoms with E-state index >= 15 is 0 Å². The third kappa shape index (κ3) is 3.14. The molecule has 20 heavy (non-hydrogen) atoms. The first kappa shape index (κ1) is 14.5. The first-order chi connectivity index (χ1) is 9.65. The van der Waals surface area contributed by atoms with E-state index in [1.807, 2.05) is 0 Å². The Morgan fingerprint density at radius 1 is 1.50 bits per heavy atom. The van der Waals surface area contributed by atoms with Gasteiger partial charge in [0.2, 0.25) is 0 Å². The number of rotatable bonds is 3. The second-order valence-electron chi connectivity index (χ2n) is 4.84. The van der Waals surface area contributed by atoms with Crippen molar-refractivity contribution in [1.29, 1.82) is 0 Å². The van der Waals surface area contributed by atoms with Crippen molar-refractivity contribution >= 4 is 17.5 Å². The lowest BCUT2D eigenvalue weighted by Crippen LogP contribution is -2.41. The molecule has 1 fully saturated rings. The van der Waals surface area contributed by atoms with Crippen molar-refractivity contribution in [3.8, 4) is 5.75 Å². The number of hydrogen-bond acceptors (Lipinski definition) is 5. The van der Waals surface area contributed by atoms with E-state index in [9.17, 15) is 15.0 Å². The average Bonchev–Trinajstić information content (AvgIpc) is 2.49. The fourth-order valence-electron chi connectivity index (χ4n) is 2.49. The predicted octanol–water partition coefficient (Wildman–Crippen LogP) is 1.92. The number of aromatic hydroxyl groups is 1. The summed E-state index contributed by atoms with van der Waals surface area (Å²) in [4.78, 5) is 13.3. The molecule has 1 aromatic carbocycles. The van der Waals surface area contributed by atoms with E-state index in [1.54, 1.807) is 12.1 Å². The second kappa shape index (κ2) is 6.47. The zero-order chi connectivity index (χ0) is 14.5. The number of aliphatic hydroxyl groups is 1. The van der Waals surface area contributed by atoms with Gasteiger partial charge in [-0.3, -0.25) is 5.32 Å². The number of carbonyl (C=O) groups excluding carboxylic acids is 1. The van der Waals surface area contributed by atoms with E-state index in [1.165, 1.54) is 13.2 Å². The second-order valence-corrected chi connectivity index (χ2v) is 4.84. The van der Waals surface area contributed by atoms with E-state index in [2.05, 4.69) is 15.0 Å². The van der Waals surface area contributed by atoms with E-state index in [-0.39, 0.29) is 18.4 Å². The number of phenols is 1. The first-order valence-corrected chi connectivity index (χ1v) is 6.71. The molecule has 0 aliphatic carbocycles. The molecule has 1 amide bonds. The van der Waals surface area contributed by atoms with Crippen molar-refractivity contribution in [1.82, 2.24) is 0 Å². The van der Waals surface area contributed by atoms with Crippen molar-refractivity contribution in [3.63, 3.8) is 0 Å². The summed E-state index contributed by atoms with van der Waals surface area (Å²) in [5, 5.41) is 21.7. The molecule has 1 atom stereocenters. The summed E-state index contributed by atoms with van der Waals surface area (Å²) < 4.78 is 4.52. The standard InChI is InChI=1S/C14H20N2O4/c1-20-14(19)15-12-8-10(5-6-13(12)18)16-7-3-2-4-11(16)9-17/h5-6,8,11,17-18H,2-4,7,9H2,1H3,(H,15,19). The number of aliphatic hydroxyl groups excluding tert-OH is 1. The number of piperidine rings is 1. The van der Waals surface area contributed by atoms with E-state index in [0.717, 1.165) is 31.5 Å². The molecule has 1 aliphatic rings. The van der Waals surface area contributed by atoms with Crippen LogP contribution in [0.1, 0.15) is 19.3 Å². The molecule has 3 N–H and O–H groups in total. The van der Waals surface area contributed by atoms with Gasteiger partial charge < -0.3 is 19.8 Å². The van der Waals surface area contributed by atoms with Crippen LogP contribution in [0.4, 0.5) is 16.2 Å². The van der Waals surface area contributed by atoms with Gasteiger partial charge in [-0.25, -0.2) is 4.79 Å². The first-order valence-electron chi connectivity index (χ1n) is 6.71. The summed E-state index contributed by atoms with van der Waals surface area (Å²) in [6, 6.07) is 5.09. The zero-order valence-electron chi connectivity index (χ0n) is 11.5. The Morgan fingerprint density at radius 2 is 2.30 bits per heavy atom. The fourth-order valence-corrected chi connectivity index (χ4v) is 2.49. The van der Waals surface area contributed by atoms with Crippen LogP contribution in [0.15, 0.2) is 18.2 Å². The van der Waals surface area contributed by atoms with Gasteiger partial charge in [0.15, 0.2) is 0 Å². The maximum absolute atomic E-state index is 11.2. The lowest BCUT2D eigenvalue weighted by molar-refractivity contribution is 0.187. The van der Waals surface area contributed by atoms with Crippen LogP contribution < -0.4 is 10.2 Å². The van der Waals surface area contributed by atoms with Crippen molar-refractivity contribution in [2.75, 3.05) is 30.5 Å². The highest BCUT2D eigenvalue weighted by Crippen LogP contribution is 2.32. The molecule has 1 heterocycles. The van der Waals surface area contributed by atoms with Gasteiger partial charge in [0.05, 0.1) is 25.4 Å². The minimum absolute atomic E-state index is 0.0169. The van der Waals surface area contributed by atoms with Crippen LogP contribution in [0.3, 0.4) is 0 Å². The summed E-state index contributed by atoms with van der Waals surface area (Å²) in [5.74, 6) is -0.0169. The average molecular weight is 280 g/mol. The van der Waals surface area contributed by atoms with Gasteiger partial charge in [-0.15, -0.1) is 0 Å². The lowest BCUT2D eigenvalue weighted by atomic mass is 10.0. The van der Waals surface area contributed by atoms with Crippen LogP contribution in [0, 0.1) is 0 Å². The summed E-state index contributed by atoms with van der Waals surface area (Å²) >= 11 is 0. The monoisotopic (exact) mass is 280 g/mol. The highest BCUT2D eigenvalue weighted by Gasteiger charge is 2.22. The zero-order valence-corrected chi connectivity index (χ0v) is 11.5. The molecular weight excluding hydrogens is 260 g/mol. The Kier molecular flexibility index (Phi) is 4.68. The number of benzene rings is 1. The van der Waals surface area contributed by atoms with Crippen molar-refractivity contribution in [2.24, 2.45) is 0 Å². The Bertz CT molecular complexity index is 478. The number of hydrogen-bond donors (Lipinski definition) is 3. The van der Waals surface area contributed by atoms with Gasteiger partial charge in [0.25, 0.3) is 0 Å². The van der Waals surface area contributed by atoms with Gasteiger partial charge >= 0.3 is 6.09 Å². The van der Waals surface area contributed by atoms with Crippen LogP contribution >= 0.6 is 0 Å². The van der Waals surface area contributed by atoms with Crippen LogP contribution in [0.25, 0.3) is 0 Å². The Balaban J connectivity index is 2.23. The molecule has 2 rings (SSSR count). The lowest BCUT2D eigenvalue weighted by Gasteiger charge is -2.36. The van der Waals surface area contributed by atoms with E-state index in [4.69, 9.17) is 0 Å². The van der Waals surface area contributed by atoms with Crippen molar-refractivity contribution in [2.45, 2.75) is 25.3 Å². The van der Waals surface area contributed by atoms with E-state index < -0.39 is 6.09 Å². The van der Waals surface area contributed by atoms with Crippen LogP contribution in [0.5, 0.6) is 5.75 Å². The quantitative estimate of drug-likeness (QED) is 0.737. The summed E-state index contributed by atoms with van der Waals surface area (Å²) in [6.07, 6.45) is 2.48. The highest BCUT2D eigenvalue weighted by atomic mass is 16.5. The molecule has 0 saturated carbocycles. The van der Waals surface area contributed by atoms with Crippen LogP contribution in [-0.4, -0.2) is 42.6 Å². The summed E-state index contributed by atoms with van der Waals surface area (Å²) in [5.41, 5.74) is 1.17. The van der Waals surface area contributed by atoms with E-state index in [0.29, 0.717) is 5.69 Å². The molecular formula is C14H20N2O4. The summed E-state index contributed by atoms with van der Waals surface area (Å²) in [7, 11) is 1.27. The number of methoxy groups -OCH3 is 1. The smallest absolute Gasteiger partial charge is 0.411 e. The molecule has 1 unspecified atom stereocenters. The van der Waals surface area contributed by atoms with Gasteiger partial charge in [-0.2, -0.15) is 0 Å². The molecule has 0 radical (unpaired) electrons. The Morgan fingerprint density at radius 3 is 3.00 bits per heavy atom. The highest BCUT2D eigenvalue weighted by molar-refractivity contribution is 5.87. The molecule has 6 nitrogen and oxygen atoms in total. The van der Waals surface area contributed by atoms with Gasteiger partial charge in [0.1, 0.15) is 5.75 Å². The third-order valence-corrected chi connectivity index (χ3v) is 3.57. The molecule has 0 aromatic heterocycles. The topological polar surface area (TPSA) is 82.0 Å². The largest absolute Gasteiger partial charge is 0.506 e. The maximum Gasteiger partial charge on any atom is 0.411 e. The van der Waals surface area contributed by atoms with Gasteiger partial charge in [-0.05, 0) is 37.5 Å². The molecule has 0 spiro atoms. The minimum Gasteiger partial charge on any atom is -0.506 e. The van der Waals surface area contributed by atoms with Crippen LogP contribution in [-0.2, 0) is 4.74 Å². The number of ether oxygens (including phenoxy) is 1. The van der Waals surface area contributed by atoms with Gasteiger partial charge in [-0.1, -0.05) is 0 Å². The molecule has 6 heteroatoms. The van der Waals surface area contributed by atoms with Crippen LogP contribution in [0.2, 0.25) is 0 Å². The summed E-state index contributed by atoms with van der Waals surface area (Å²) in [6.45, 7) is 0.953. The molecule has 1 aromatic rings. The molecule has 1 aliphatic heterocycles. The fraction of sp³-hybridized carbons (Fsp3) is 0.500. The number of carbonyl (C=O) groups is 1. The predicted molar refractivity (Wildman–Crippen MR) is 76.2 cm³/mol. The maximum atomic E-state index is 11.2.